The summed E-state index contributed by atoms with van der Waals surface area (Å²) in [5, 5.41) is 3.25. The van der Waals surface area contributed by atoms with E-state index in [2.05, 4.69) is 5.32 Å². The minimum atomic E-state index is -0.0811. The summed E-state index contributed by atoms with van der Waals surface area (Å²) in [7, 11) is 0. The van der Waals surface area contributed by atoms with Gasteiger partial charge in [0.15, 0.2) is 0 Å². The molecule has 78 valence electrons. The van der Waals surface area contributed by atoms with Crippen LogP contribution in [0.3, 0.4) is 0 Å². The normalized spacial score (nSPS) is 28.6. The lowest BCUT2D eigenvalue weighted by molar-refractivity contribution is -0.124. The number of thioether (sulfide) groups is 1. The van der Waals surface area contributed by atoms with Crippen molar-refractivity contribution in [1.82, 2.24) is 10.2 Å². The molecule has 0 saturated carbocycles. The Kier molecular flexibility index (Phi) is 3.08. The number of nitrogens with zero attached hydrogens (tertiary/aromatic N) is 1. The van der Waals surface area contributed by atoms with E-state index in [1.807, 2.05) is 0 Å². The lowest BCUT2D eigenvalue weighted by Crippen LogP contribution is -2.45. The molecule has 0 spiro atoms. The molecule has 0 aromatic carbocycles. The molecule has 1 N–H and O–H groups in total. The molecule has 2 heterocycles. The van der Waals surface area contributed by atoms with Gasteiger partial charge in [0.05, 0.1) is 5.75 Å². The zero-order chi connectivity index (χ0) is 9.97. The molecular formula is C9H14N2O2S. The molecule has 14 heavy (non-hydrogen) atoms. The number of carbonyl (C=O) groups is 2. The molecular weight excluding hydrogens is 200 g/mol. The highest BCUT2D eigenvalue weighted by Crippen LogP contribution is 2.20. The summed E-state index contributed by atoms with van der Waals surface area (Å²) in [5.41, 5.74) is 0. The average Bonchev–Trinajstić information content (AvgIpc) is 2.51. The highest BCUT2D eigenvalue weighted by Gasteiger charge is 2.31. The Morgan fingerprint density at radius 1 is 1.43 bits per heavy atom. The highest BCUT2D eigenvalue weighted by atomic mass is 32.2. The smallest absolute Gasteiger partial charge is 0.288 e. The van der Waals surface area contributed by atoms with Gasteiger partial charge in [0.1, 0.15) is 0 Å². The van der Waals surface area contributed by atoms with Crippen LogP contribution in [0.2, 0.25) is 0 Å². The van der Waals surface area contributed by atoms with Crippen LogP contribution in [0.4, 0.5) is 4.79 Å². The van der Waals surface area contributed by atoms with Gasteiger partial charge in [-0.1, -0.05) is 18.2 Å². The minimum absolute atomic E-state index is 0.0348. The van der Waals surface area contributed by atoms with Crippen molar-refractivity contribution < 1.29 is 9.59 Å². The molecule has 4 nitrogen and oxygen atoms in total. The lowest BCUT2D eigenvalue weighted by Gasteiger charge is -2.26. The van der Waals surface area contributed by atoms with Crippen LogP contribution in [0.1, 0.15) is 19.3 Å². The molecule has 2 amide bonds. The second-order valence-corrected chi connectivity index (χ2v) is 4.63. The van der Waals surface area contributed by atoms with Gasteiger partial charge in [-0.2, -0.15) is 0 Å². The quantitative estimate of drug-likeness (QED) is 0.739. The number of rotatable bonds is 2. The zero-order valence-electron chi connectivity index (χ0n) is 7.99. The molecule has 2 aliphatic rings. The molecule has 0 radical (unpaired) electrons. The average molecular weight is 214 g/mol. The van der Waals surface area contributed by atoms with E-state index in [-0.39, 0.29) is 11.1 Å². The van der Waals surface area contributed by atoms with E-state index in [9.17, 15) is 9.59 Å². The van der Waals surface area contributed by atoms with E-state index in [0.717, 1.165) is 24.7 Å². The zero-order valence-corrected chi connectivity index (χ0v) is 8.81. The number of amides is 2. The predicted molar refractivity (Wildman–Crippen MR) is 55.2 cm³/mol. The Morgan fingerprint density at radius 3 is 2.86 bits per heavy atom. The van der Waals surface area contributed by atoms with Crippen molar-refractivity contribution in [3.63, 3.8) is 0 Å². The Hall–Kier alpha value is -0.550. The molecule has 0 aliphatic carbocycles. The van der Waals surface area contributed by atoms with Gasteiger partial charge in [-0.3, -0.25) is 14.5 Å². The Morgan fingerprint density at radius 2 is 2.29 bits per heavy atom. The van der Waals surface area contributed by atoms with Crippen LogP contribution in [-0.2, 0) is 4.79 Å². The summed E-state index contributed by atoms with van der Waals surface area (Å²) in [6.07, 6.45) is 3.47. The maximum atomic E-state index is 11.3. The molecule has 2 saturated heterocycles. The Balaban J connectivity index is 1.89. The van der Waals surface area contributed by atoms with Gasteiger partial charge in [-0.15, -0.1) is 0 Å². The van der Waals surface area contributed by atoms with Crippen LogP contribution >= 0.6 is 11.8 Å². The first-order valence-corrected chi connectivity index (χ1v) is 5.96. The van der Waals surface area contributed by atoms with Crippen molar-refractivity contribution in [2.75, 3.05) is 18.8 Å². The van der Waals surface area contributed by atoms with Crippen LogP contribution < -0.4 is 5.32 Å². The maximum Gasteiger partial charge on any atom is 0.288 e. The monoisotopic (exact) mass is 214 g/mol. The number of hydrogen-bond donors (Lipinski definition) is 1. The van der Waals surface area contributed by atoms with Crippen LogP contribution in [0.15, 0.2) is 0 Å². The molecule has 1 atom stereocenters. The van der Waals surface area contributed by atoms with Gasteiger partial charge < -0.3 is 5.32 Å². The van der Waals surface area contributed by atoms with Gasteiger partial charge in [-0.25, -0.2) is 0 Å². The Bertz CT molecular complexity index is 235. The first-order chi connectivity index (χ1) is 6.77. The van der Waals surface area contributed by atoms with E-state index < -0.39 is 0 Å². The van der Waals surface area contributed by atoms with Crippen molar-refractivity contribution >= 4 is 22.9 Å². The minimum Gasteiger partial charge on any atom is -0.312 e. The predicted octanol–water partition coefficient (Wildman–Crippen LogP) is 0.824. The lowest BCUT2D eigenvalue weighted by atomic mass is 10.0. The van der Waals surface area contributed by atoms with Crippen LogP contribution in [-0.4, -0.2) is 40.9 Å². The fourth-order valence-electron chi connectivity index (χ4n) is 1.86. The van der Waals surface area contributed by atoms with Crippen LogP contribution in [0.25, 0.3) is 0 Å². The number of nitrogens with one attached hydrogen (secondary N) is 1. The largest absolute Gasteiger partial charge is 0.312 e. The van der Waals surface area contributed by atoms with Crippen LogP contribution in [0, 0.1) is 0 Å². The highest BCUT2D eigenvalue weighted by molar-refractivity contribution is 8.14. The summed E-state index contributed by atoms with van der Waals surface area (Å²) in [4.78, 5) is 24.0. The topological polar surface area (TPSA) is 49.4 Å². The van der Waals surface area contributed by atoms with Crippen molar-refractivity contribution in [1.29, 1.82) is 0 Å². The summed E-state index contributed by atoms with van der Waals surface area (Å²) >= 11 is 1.11. The fraction of sp³-hybridized carbons (Fsp3) is 0.778. The molecule has 0 bridgehead atoms. The van der Waals surface area contributed by atoms with Gasteiger partial charge in [-0.05, 0) is 19.4 Å². The first-order valence-electron chi connectivity index (χ1n) is 4.98. The maximum absolute atomic E-state index is 11.3. The van der Waals surface area contributed by atoms with Crippen molar-refractivity contribution in [2.45, 2.75) is 25.3 Å². The SMILES string of the molecule is O=C1CSC(=O)N1CC1CCCCN1. The third-order valence-corrected chi connectivity index (χ3v) is 3.51. The Labute approximate surface area is 87.4 Å². The number of hydrogen-bond acceptors (Lipinski definition) is 4. The third-order valence-electron chi connectivity index (χ3n) is 2.66. The molecule has 0 aromatic heterocycles. The van der Waals surface area contributed by atoms with E-state index in [1.165, 1.54) is 17.7 Å². The van der Waals surface area contributed by atoms with E-state index in [1.54, 1.807) is 0 Å². The molecule has 5 heteroatoms. The number of piperidine rings is 1. The molecule has 2 aliphatic heterocycles. The van der Waals surface area contributed by atoms with Gasteiger partial charge in [0, 0.05) is 12.6 Å². The van der Waals surface area contributed by atoms with Gasteiger partial charge >= 0.3 is 0 Å². The van der Waals surface area contributed by atoms with E-state index >= 15 is 0 Å². The molecule has 2 fully saturated rings. The second-order valence-electron chi connectivity index (χ2n) is 3.71. The summed E-state index contributed by atoms with van der Waals surface area (Å²) in [6, 6.07) is 0.315. The summed E-state index contributed by atoms with van der Waals surface area (Å²) in [6.45, 7) is 1.57. The molecule has 0 aromatic rings. The van der Waals surface area contributed by atoms with E-state index in [4.69, 9.17) is 0 Å². The van der Waals surface area contributed by atoms with Crippen molar-refractivity contribution in [2.24, 2.45) is 0 Å². The first kappa shape index (κ1) is 9.98. The van der Waals surface area contributed by atoms with Crippen molar-refractivity contribution in [3.8, 4) is 0 Å². The van der Waals surface area contributed by atoms with Crippen LogP contribution in [0.5, 0.6) is 0 Å². The molecule has 1 unspecified atom stereocenters. The van der Waals surface area contributed by atoms with Gasteiger partial charge in [0.2, 0.25) is 5.91 Å². The summed E-state index contributed by atoms with van der Waals surface area (Å²) in [5.74, 6) is 0.290. The number of carbonyl (C=O) groups excluding carboxylic acids is 2. The van der Waals surface area contributed by atoms with Gasteiger partial charge in [0.25, 0.3) is 5.24 Å². The summed E-state index contributed by atoms with van der Waals surface area (Å²) < 4.78 is 0. The van der Waals surface area contributed by atoms with E-state index in [0.29, 0.717) is 18.3 Å². The fourth-order valence-corrected chi connectivity index (χ4v) is 2.59. The molecule has 2 rings (SSSR count). The van der Waals surface area contributed by atoms with Crippen molar-refractivity contribution in [3.05, 3.63) is 0 Å². The second kappa shape index (κ2) is 4.31. The third kappa shape index (κ3) is 2.09. The number of imide groups is 1. The standard InChI is InChI=1S/C9H14N2O2S/c12-8-6-14-9(13)11(8)5-7-3-1-2-4-10-7/h7,10H,1-6H2.